The Balaban J connectivity index is 1.78. The van der Waals surface area contributed by atoms with Crippen LogP contribution in [-0.4, -0.2) is 21.9 Å². The van der Waals surface area contributed by atoms with E-state index in [4.69, 9.17) is 11.6 Å². The summed E-state index contributed by atoms with van der Waals surface area (Å²) in [4.78, 5) is 14.9. The van der Waals surface area contributed by atoms with Gasteiger partial charge in [0, 0.05) is 35.6 Å². The Morgan fingerprint density at radius 3 is 2.60 bits per heavy atom. The van der Waals surface area contributed by atoms with E-state index in [1.54, 1.807) is 0 Å². The van der Waals surface area contributed by atoms with Crippen molar-refractivity contribution in [1.82, 2.24) is 9.47 Å². The van der Waals surface area contributed by atoms with Crippen LogP contribution in [0.15, 0.2) is 66.9 Å². The van der Waals surface area contributed by atoms with Gasteiger partial charge >= 0.3 is 0 Å². The molecule has 0 saturated carbocycles. The molecule has 0 radical (unpaired) electrons. The summed E-state index contributed by atoms with van der Waals surface area (Å²) >= 11 is 6.17. The molecule has 3 nitrogen and oxygen atoms in total. The molecule has 0 bridgehead atoms. The van der Waals surface area contributed by atoms with Gasteiger partial charge in [0.15, 0.2) is 0 Å². The fraction of sp³-hybridized carbons (Fsp3) is 0.150. The topological polar surface area (TPSA) is 25.2 Å². The predicted molar refractivity (Wildman–Crippen MR) is 95.2 cm³/mol. The first-order chi connectivity index (χ1) is 12.1. The maximum Gasteiger partial charge on any atom is 0.254 e. The van der Waals surface area contributed by atoms with Crippen molar-refractivity contribution in [2.45, 2.75) is 12.6 Å². The molecule has 0 unspecified atom stereocenters. The highest BCUT2D eigenvalue weighted by molar-refractivity contribution is 6.30. The molecular weight excluding hydrogens is 339 g/mol. The van der Waals surface area contributed by atoms with Crippen LogP contribution in [0, 0.1) is 5.82 Å². The summed E-state index contributed by atoms with van der Waals surface area (Å²) in [6, 6.07) is 17.0. The van der Waals surface area contributed by atoms with Crippen molar-refractivity contribution in [2.24, 2.45) is 0 Å². The van der Waals surface area contributed by atoms with Crippen molar-refractivity contribution in [1.29, 1.82) is 0 Å². The molecule has 1 atom stereocenters. The average molecular weight is 355 g/mol. The number of hydrogen-bond donors (Lipinski definition) is 0. The normalized spacial score (nSPS) is 16.6. The number of carbonyl (C=O) groups excluding carboxylic acids is 1. The number of nitrogens with zero attached hydrogens (tertiary/aromatic N) is 2. The minimum absolute atomic E-state index is 0.113. The molecule has 2 aromatic carbocycles. The van der Waals surface area contributed by atoms with Gasteiger partial charge in [-0.2, -0.15) is 0 Å². The van der Waals surface area contributed by atoms with Crippen molar-refractivity contribution in [3.05, 3.63) is 94.5 Å². The van der Waals surface area contributed by atoms with Gasteiger partial charge in [0.25, 0.3) is 5.91 Å². The molecule has 0 N–H and O–H groups in total. The molecule has 1 aliphatic rings. The maximum absolute atomic E-state index is 13.2. The van der Waals surface area contributed by atoms with Crippen molar-refractivity contribution < 1.29 is 9.18 Å². The van der Waals surface area contributed by atoms with E-state index in [-0.39, 0.29) is 17.8 Å². The molecule has 0 spiro atoms. The predicted octanol–water partition coefficient (Wildman–Crippen LogP) is 4.53. The molecule has 1 amide bonds. The van der Waals surface area contributed by atoms with Crippen molar-refractivity contribution in [2.75, 3.05) is 6.54 Å². The lowest BCUT2D eigenvalue weighted by Crippen LogP contribution is -2.42. The first-order valence-electron chi connectivity index (χ1n) is 8.10. The second kappa shape index (κ2) is 6.37. The van der Waals surface area contributed by atoms with E-state index >= 15 is 0 Å². The first-order valence-corrected chi connectivity index (χ1v) is 8.48. The van der Waals surface area contributed by atoms with Gasteiger partial charge in [-0.3, -0.25) is 4.79 Å². The molecule has 0 fully saturated rings. The van der Waals surface area contributed by atoms with E-state index in [2.05, 4.69) is 4.57 Å². The first kappa shape index (κ1) is 15.9. The largest absolute Gasteiger partial charge is 0.348 e. The molecular formula is C20H16ClFN2O. The Bertz CT molecular complexity index is 919. The molecule has 25 heavy (non-hydrogen) atoms. The Morgan fingerprint density at radius 2 is 1.84 bits per heavy atom. The number of rotatable bonds is 2. The molecule has 4 rings (SSSR count). The summed E-state index contributed by atoms with van der Waals surface area (Å²) < 4.78 is 15.3. The van der Waals surface area contributed by atoms with Crippen LogP contribution >= 0.6 is 11.6 Å². The molecule has 1 aromatic heterocycles. The third kappa shape index (κ3) is 2.94. The third-order valence-corrected chi connectivity index (χ3v) is 4.79. The minimum Gasteiger partial charge on any atom is -0.348 e. The summed E-state index contributed by atoms with van der Waals surface area (Å²) in [7, 11) is 0. The lowest BCUT2D eigenvalue weighted by Gasteiger charge is -2.37. The number of carbonyl (C=O) groups is 1. The van der Waals surface area contributed by atoms with Crippen LogP contribution in [0.2, 0.25) is 5.02 Å². The third-order valence-electron chi connectivity index (χ3n) is 4.55. The van der Waals surface area contributed by atoms with Crippen LogP contribution in [0.25, 0.3) is 0 Å². The van der Waals surface area contributed by atoms with Crippen LogP contribution < -0.4 is 0 Å². The minimum atomic E-state index is -0.351. The smallest absolute Gasteiger partial charge is 0.254 e. The quantitative estimate of drug-likeness (QED) is 0.664. The molecule has 0 saturated heterocycles. The zero-order valence-corrected chi connectivity index (χ0v) is 14.2. The number of aromatic nitrogens is 1. The Hall–Kier alpha value is -2.59. The molecule has 5 heteroatoms. The van der Waals surface area contributed by atoms with E-state index in [9.17, 15) is 9.18 Å². The van der Waals surface area contributed by atoms with Gasteiger partial charge in [-0.25, -0.2) is 4.39 Å². The van der Waals surface area contributed by atoms with Gasteiger partial charge in [0.2, 0.25) is 0 Å². The van der Waals surface area contributed by atoms with Crippen LogP contribution in [0.4, 0.5) is 4.39 Å². The van der Waals surface area contributed by atoms with Crippen LogP contribution in [0.1, 0.15) is 27.7 Å². The second-order valence-electron chi connectivity index (χ2n) is 6.09. The van der Waals surface area contributed by atoms with Crippen LogP contribution in [0.5, 0.6) is 0 Å². The average Bonchev–Trinajstić information content (AvgIpc) is 3.09. The maximum atomic E-state index is 13.2. The van der Waals surface area contributed by atoms with Gasteiger partial charge in [0.1, 0.15) is 5.82 Å². The van der Waals surface area contributed by atoms with E-state index in [0.29, 0.717) is 17.1 Å². The van der Waals surface area contributed by atoms with E-state index in [1.807, 2.05) is 47.5 Å². The molecule has 1 aliphatic heterocycles. The fourth-order valence-corrected chi connectivity index (χ4v) is 3.59. The van der Waals surface area contributed by atoms with Crippen LogP contribution in [0.3, 0.4) is 0 Å². The number of amides is 1. The van der Waals surface area contributed by atoms with Crippen molar-refractivity contribution in [3.8, 4) is 0 Å². The summed E-state index contributed by atoms with van der Waals surface area (Å²) in [5, 5.41) is 0.635. The zero-order chi connectivity index (χ0) is 17.4. The van der Waals surface area contributed by atoms with Gasteiger partial charge in [-0.15, -0.1) is 0 Å². The summed E-state index contributed by atoms with van der Waals surface area (Å²) in [6.07, 6.45) is 2.02. The van der Waals surface area contributed by atoms with Gasteiger partial charge in [0.05, 0.1) is 6.04 Å². The van der Waals surface area contributed by atoms with Gasteiger partial charge < -0.3 is 9.47 Å². The highest BCUT2D eigenvalue weighted by atomic mass is 35.5. The number of halogens is 2. The summed E-state index contributed by atoms with van der Waals surface area (Å²) in [5.74, 6) is -0.465. The molecule has 3 aromatic rings. The SMILES string of the molecule is O=C(c1ccc(F)cc1)N1CCn2cccc2[C@@H]1c1cccc(Cl)c1. The number of hydrogen-bond acceptors (Lipinski definition) is 1. The molecule has 2 heterocycles. The Kier molecular flexibility index (Phi) is 4.06. The van der Waals surface area contributed by atoms with Gasteiger partial charge in [-0.1, -0.05) is 23.7 Å². The monoisotopic (exact) mass is 354 g/mol. The number of fused-ring (bicyclic) bond motifs is 1. The van der Waals surface area contributed by atoms with E-state index in [0.717, 1.165) is 17.8 Å². The van der Waals surface area contributed by atoms with Crippen LogP contribution in [-0.2, 0) is 6.54 Å². The lowest BCUT2D eigenvalue weighted by molar-refractivity contribution is 0.0664. The Morgan fingerprint density at radius 1 is 1.04 bits per heavy atom. The Labute approximate surface area is 150 Å². The lowest BCUT2D eigenvalue weighted by atomic mass is 9.99. The highest BCUT2D eigenvalue weighted by Gasteiger charge is 2.32. The van der Waals surface area contributed by atoms with Gasteiger partial charge in [-0.05, 0) is 54.1 Å². The zero-order valence-electron chi connectivity index (χ0n) is 13.4. The summed E-state index contributed by atoms with van der Waals surface area (Å²) in [6.45, 7) is 1.31. The highest BCUT2D eigenvalue weighted by Crippen LogP contribution is 2.34. The van der Waals surface area contributed by atoms with E-state index < -0.39 is 0 Å². The van der Waals surface area contributed by atoms with Crippen molar-refractivity contribution >= 4 is 17.5 Å². The number of benzene rings is 2. The summed E-state index contributed by atoms with van der Waals surface area (Å²) in [5.41, 5.74) is 2.49. The molecule has 126 valence electrons. The fourth-order valence-electron chi connectivity index (χ4n) is 3.39. The standard InChI is InChI=1S/C20H16ClFN2O/c21-16-4-1-3-15(13-16)19-18-5-2-10-23(18)11-12-24(19)20(25)14-6-8-17(22)9-7-14/h1-10,13,19H,11-12H2/t19-/m0/s1. The molecule has 0 aliphatic carbocycles. The second-order valence-corrected chi connectivity index (χ2v) is 6.53. The van der Waals surface area contributed by atoms with Crippen molar-refractivity contribution in [3.63, 3.8) is 0 Å². The van der Waals surface area contributed by atoms with E-state index in [1.165, 1.54) is 24.3 Å².